The number of imide groups is 1. The first-order valence-electron chi connectivity index (χ1n) is 21.0. The Hall–Kier alpha value is -6.81. The molecule has 0 bridgehead atoms. The number of pyridine rings is 2. The lowest BCUT2D eigenvalue weighted by molar-refractivity contribution is -0.135. The summed E-state index contributed by atoms with van der Waals surface area (Å²) in [5.74, 6) is -0.631. The number of aryl methyl sites for hydroxylation is 1. The van der Waals surface area contributed by atoms with Gasteiger partial charge in [-0.15, -0.1) is 5.10 Å². The number of nitrogens with one attached hydrogen (secondary N) is 4. The van der Waals surface area contributed by atoms with Gasteiger partial charge in [-0.1, -0.05) is 18.2 Å². The van der Waals surface area contributed by atoms with Gasteiger partial charge in [0, 0.05) is 44.9 Å². The molecule has 64 heavy (non-hydrogen) atoms. The number of aromatic nitrogens is 7. The summed E-state index contributed by atoms with van der Waals surface area (Å²) in [5.41, 5.74) is 2.78. The summed E-state index contributed by atoms with van der Waals surface area (Å²) in [6.45, 7) is 3.23. The number of ether oxygens (including phenoxy) is 4. The summed E-state index contributed by atoms with van der Waals surface area (Å²) in [7, 11) is 1.67. The number of benzene rings is 1. The second-order valence-corrected chi connectivity index (χ2v) is 15.2. The molecule has 0 radical (unpaired) electrons. The van der Waals surface area contributed by atoms with Gasteiger partial charge in [0.25, 0.3) is 11.5 Å². The molecule has 1 aliphatic heterocycles. The second-order valence-electron chi connectivity index (χ2n) is 15.2. The van der Waals surface area contributed by atoms with Crippen LogP contribution in [0.2, 0.25) is 0 Å². The maximum Gasteiger partial charge on any atom is 0.329 e. The molecule has 8 rings (SSSR count). The molecule has 3 atom stereocenters. The van der Waals surface area contributed by atoms with E-state index in [1.807, 2.05) is 12.1 Å². The molecule has 1 saturated carbocycles. The standard InChI is InChI=1S/C43H48FN11O9/c1-52-38-27(6-4-8-32(38)54(43(52)60)33-10-11-37(56)50-40(33)57)12-16-61-18-20-63-22-23-64-21-19-62-17-14-45-31-25-35(48-29-7-5-15-53(42(29)59)36-9-2-3-13-46-36)51-55-34(26-47-39(31)55)41(58)49-30-24-28(30)44/h2-9,13,15,25-26,28,30,33,45H,10-12,14,16-24H2,1H3,(H,48,51)(H,49,58)(H,50,56,57)/t28-,30+,33?/m0/s1. The third-order valence-electron chi connectivity index (χ3n) is 10.7. The zero-order chi connectivity index (χ0) is 44.6. The Balaban J connectivity index is 0.751. The molecular formula is C43H48FN11O9. The lowest BCUT2D eigenvalue weighted by Crippen LogP contribution is -2.44. The van der Waals surface area contributed by atoms with Crippen molar-refractivity contribution in [1.29, 1.82) is 0 Å². The van der Waals surface area contributed by atoms with Gasteiger partial charge in [0.05, 0.1) is 81.8 Å². The number of anilines is 3. The maximum absolute atomic E-state index is 13.6. The molecule has 21 heteroatoms. The van der Waals surface area contributed by atoms with E-state index in [1.54, 1.807) is 61.9 Å². The SMILES string of the molecule is Cn1c(=O)n(C2CCC(=O)NC2=O)c2cccc(CCOCCOCCOCCOCCNc3cc(Nc4cccn(-c5ccccn5)c4=O)nn4c(C(=O)N[C@@H]5C[C@@H]5F)cnc34)c21. The molecule has 4 N–H and O–H groups in total. The van der Waals surface area contributed by atoms with E-state index in [9.17, 15) is 28.4 Å². The van der Waals surface area contributed by atoms with Crippen LogP contribution in [-0.4, -0.2) is 123 Å². The molecular weight excluding hydrogens is 834 g/mol. The molecule has 6 aromatic rings. The Morgan fingerprint density at radius 2 is 1.64 bits per heavy atom. The summed E-state index contributed by atoms with van der Waals surface area (Å²) in [6, 6.07) is 14.5. The maximum atomic E-state index is 13.6. The van der Waals surface area contributed by atoms with Crippen LogP contribution < -0.4 is 32.5 Å². The summed E-state index contributed by atoms with van der Waals surface area (Å²) in [4.78, 5) is 72.5. The van der Waals surface area contributed by atoms with E-state index < -0.39 is 30.1 Å². The van der Waals surface area contributed by atoms with Crippen molar-refractivity contribution in [2.75, 3.05) is 70.0 Å². The fraction of sp³-hybridized carbons (Fsp3) is 0.395. The van der Waals surface area contributed by atoms with Crippen molar-refractivity contribution in [3.8, 4) is 5.82 Å². The van der Waals surface area contributed by atoms with Crippen molar-refractivity contribution in [2.24, 2.45) is 7.05 Å². The third kappa shape index (κ3) is 10.0. The smallest absolute Gasteiger partial charge is 0.329 e. The number of piperidine rings is 1. The van der Waals surface area contributed by atoms with E-state index in [4.69, 9.17) is 18.9 Å². The predicted molar refractivity (Wildman–Crippen MR) is 231 cm³/mol. The topological polar surface area (TPSA) is 228 Å². The van der Waals surface area contributed by atoms with Crippen molar-refractivity contribution in [3.63, 3.8) is 0 Å². The minimum absolute atomic E-state index is 0.103. The average Bonchev–Trinajstić information content (AvgIpc) is 3.69. The van der Waals surface area contributed by atoms with Crippen molar-refractivity contribution >= 4 is 51.6 Å². The molecule has 1 unspecified atom stereocenters. The molecule has 0 spiro atoms. The van der Waals surface area contributed by atoms with Gasteiger partial charge in [-0.2, -0.15) is 0 Å². The number of hydrogen-bond acceptors (Lipinski definition) is 14. The van der Waals surface area contributed by atoms with Crippen molar-refractivity contribution in [2.45, 2.75) is 43.9 Å². The average molecular weight is 882 g/mol. The van der Waals surface area contributed by atoms with Crippen LogP contribution in [0.5, 0.6) is 0 Å². The number of nitrogens with zero attached hydrogens (tertiary/aromatic N) is 7. The van der Waals surface area contributed by atoms with Gasteiger partial charge in [0.1, 0.15) is 23.7 Å². The van der Waals surface area contributed by atoms with Crippen LogP contribution in [0, 0.1) is 0 Å². The first-order chi connectivity index (χ1) is 31.2. The van der Waals surface area contributed by atoms with Gasteiger partial charge < -0.3 is 34.9 Å². The number of carbonyl (C=O) groups excluding carboxylic acids is 3. The summed E-state index contributed by atoms with van der Waals surface area (Å²) in [6.07, 6.45) is 4.74. The van der Waals surface area contributed by atoms with E-state index in [0.29, 0.717) is 88.5 Å². The zero-order valence-corrected chi connectivity index (χ0v) is 35.0. The van der Waals surface area contributed by atoms with Crippen molar-refractivity contribution in [3.05, 3.63) is 105 Å². The van der Waals surface area contributed by atoms with E-state index in [2.05, 4.69) is 36.3 Å². The van der Waals surface area contributed by atoms with Crippen molar-refractivity contribution in [1.82, 2.24) is 43.9 Å². The summed E-state index contributed by atoms with van der Waals surface area (Å²) in [5, 5.41) is 15.9. The fourth-order valence-corrected chi connectivity index (χ4v) is 7.43. The molecule has 6 heterocycles. The molecule has 20 nitrogen and oxygen atoms in total. The number of halogens is 1. The Kier molecular flexibility index (Phi) is 13.8. The van der Waals surface area contributed by atoms with Gasteiger partial charge in [-0.05, 0) is 48.7 Å². The molecule has 5 aromatic heterocycles. The van der Waals surface area contributed by atoms with Gasteiger partial charge in [0.2, 0.25) is 11.8 Å². The monoisotopic (exact) mass is 881 g/mol. The number of alkyl halides is 1. The van der Waals surface area contributed by atoms with Crippen LogP contribution in [0.3, 0.4) is 0 Å². The van der Waals surface area contributed by atoms with Crippen LogP contribution in [0.4, 0.5) is 21.6 Å². The highest BCUT2D eigenvalue weighted by Gasteiger charge is 2.39. The van der Waals surface area contributed by atoms with Crippen LogP contribution in [0.25, 0.3) is 22.5 Å². The highest BCUT2D eigenvalue weighted by atomic mass is 19.1. The van der Waals surface area contributed by atoms with Gasteiger partial charge in [-0.3, -0.25) is 38.2 Å². The van der Waals surface area contributed by atoms with Crippen LogP contribution in [0.15, 0.2) is 82.8 Å². The van der Waals surface area contributed by atoms with E-state index in [0.717, 1.165) is 11.1 Å². The van der Waals surface area contributed by atoms with Gasteiger partial charge in [0.15, 0.2) is 17.2 Å². The summed E-state index contributed by atoms with van der Waals surface area (Å²) >= 11 is 0. The van der Waals surface area contributed by atoms with E-state index in [1.165, 1.54) is 24.4 Å². The first-order valence-corrected chi connectivity index (χ1v) is 21.0. The minimum atomic E-state index is -1.08. The normalized spacial score (nSPS) is 17.2. The predicted octanol–water partition coefficient (Wildman–Crippen LogP) is 2.21. The molecule has 3 amide bonds. The molecule has 1 aromatic carbocycles. The molecule has 2 aliphatic rings. The number of hydrogen-bond donors (Lipinski definition) is 4. The van der Waals surface area contributed by atoms with Crippen molar-refractivity contribution < 1.29 is 37.7 Å². The third-order valence-corrected chi connectivity index (χ3v) is 10.7. The van der Waals surface area contributed by atoms with Crippen LogP contribution in [0.1, 0.15) is 41.4 Å². The Bertz CT molecular complexity index is 2750. The molecule has 1 saturated heterocycles. The van der Waals surface area contributed by atoms with E-state index >= 15 is 0 Å². The largest absolute Gasteiger partial charge is 0.380 e. The number of rotatable bonds is 22. The van der Waals surface area contributed by atoms with Crippen LogP contribution in [-0.2, 0) is 42.0 Å². The Morgan fingerprint density at radius 3 is 2.36 bits per heavy atom. The minimum Gasteiger partial charge on any atom is -0.380 e. The molecule has 1 aliphatic carbocycles. The van der Waals surface area contributed by atoms with Crippen LogP contribution >= 0.6 is 0 Å². The quantitative estimate of drug-likeness (QED) is 0.0567. The number of carbonyl (C=O) groups is 3. The number of amides is 3. The number of imidazole rings is 2. The lowest BCUT2D eigenvalue weighted by Gasteiger charge is -2.21. The lowest BCUT2D eigenvalue weighted by atomic mass is 10.1. The van der Waals surface area contributed by atoms with E-state index in [-0.39, 0.29) is 53.6 Å². The number of fused-ring (bicyclic) bond motifs is 2. The molecule has 336 valence electrons. The number of para-hydroxylation sites is 1. The van der Waals surface area contributed by atoms with Gasteiger partial charge in [-0.25, -0.2) is 23.7 Å². The zero-order valence-electron chi connectivity index (χ0n) is 35.0. The Labute approximate surface area is 364 Å². The highest BCUT2D eigenvalue weighted by molar-refractivity contribution is 6.00. The highest BCUT2D eigenvalue weighted by Crippen LogP contribution is 2.27. The molecule has 2 fully saturated rings. The summed E-state index contributed by atoms with van der Waals surface area (Å²) < 4.78 is 42.2. The first kappa shape index (κ1) is 43.8. The van der Waals surface area contributed by atoms with Gasteiger partial charge >= 0.3 is 5.69 Å². The Morgan fingerprint density at radius 1 is 0.891 bits per heavy atom. The second kappa shape index (κ2) is 20.1. The fourth-order valence-electron chi connectivity index (χ4n) is 7.43.